The van der Waals surface area contributed by atoms with Gasteiger partial charge < -0.3 is 19.0 Å². The first-order valence-electron chi connectivity index (χ1n) is 5.53. The topological polar surface area (TPSA) is 99.2 Å². The molecule has 2 aromatic rings. The Morgan fingerprint density at radius 2 is 2.37 bits per heavy atom. The van der Waals surface area contributed by atoms with E-state index in [-0.39, 0.29) is 17.6 Å². The second-order valence-electron chi connectivity index (χ2n) is 3.58. The summed E-state index contributed by atoms with van der Waals surface area (Å²) in [5.41, 5.74) is -0.402. The first-order chi connectivity index (χ1) is 9.11. The van der Waals surface area contributed by atoms with Crippen molar-refractivity contribution in [2.24, 2.45) is 7.05 Å². The third kappa shape index (κ3) is 2.79. The predicted molar refractivity (Wildman–Crippen MR) is 65.1 cm³/mol. The van der Waals surface area contributed by atoms with Gasteiger partial charge in [0, 0.05) is 19.4 Å². The standard InChI is InChI=1S/C11H12N4O4/c1-3-18-11-13-7(6-19-11)9(16)14-8-10(17)15(2)5-4-12-8/h4-6H,3H2,1-2H3,(H,12,14,16). The number of carbonyl (C=O) groups is 1. The number of aromatic nitrogens is 3. The maximum atomic E-state index is 11.8. The minimum absolute atomic E-state index is 0.00146. The van der Waals surface area contributed by atoms with Crippen LogP contribution in [0.1, 0.15) is 17.4 Å². The lowest BCUT2D eigenvalue weighted by Gasteiger charge is -2.02. The Bertz CT molecular complexity index is 646. The van der Waals surface area contributed by atoms with Crippen LogP contribution in [0.15, 0.2) is 27.9 Å². The largest absolute Gasteiger partial charge is 0.450 e. The number of nitrogens with zero attached hydrogens (tertiary/aromatic N) is 3. The van der Waals surface area contributed by atoms with Gasteiger partial charge in [-0.3, -0.25) is 9.59 Å². The summed E-state index contributed by atoms with van der Waals surface area (Å²) in [6.07, 6.45) is 4.04. The lowest BCUT2D eigenvalue weighted by atomic mass is 10.4. The molecule has 0 radical (unpaired) electrons. The van der Waals surface area contributed by atoms with Crippen molar-refractivity contribution in [3.63, 3.8) is 0 Å². The monoisotopic (exact) mass is 264 g/mol. The van der Waals surface area contributed by atoms with Crippen LogP contribution in [0.5, 0.6) is 6.08 Å². The highest BCUT2D eigenvalue weighted by Gasteiger charge is 2.15. The van der Waals surface area contributed by atoms with Crippen LogP contribution in [0.25, 0.3) is 0 Å². The molecule has 0 aliphatic heterocycles. The Balaban J connectivity index is 2.16. The molecule has 0 aliphatic carbocycles. The molecule has 0 saturated heterocycles. The molecule has 2 rings (SSSR count). The Morgan fingerprint density at radius 1 is 1.58 bits per heavy atom. The van der Waals surface area contributed by atoms with E-state index in [1.807, 2.05) is 0 Å². The molecule has 1 amide bonds. The van der Waals surface area contributed by atoms with Gasteiger partial charge in [0.2, 0.25) is 0 Å². The highest BCUT2D eigenvalue weighted by Crippen LogP contribution is 2.10. The second-order valence-corrected chi connectivity index (χ2v) is 3.58. The van der Waals surface area contributed by atoms with Gasteiger partial charge in [0.15, 0.2) is 11.5 Å². The van der Waals surface area contributed by atoms with Crippen LogP contribution in [-0.4, -0.2) is 27.0 Å². The summed E-state index contributed by atoms with van der Waals surface area (Å²) in [6.45, 7) is 2.14. The van der Waals surface area contributed by atoms with Gasteiger partial charge in [-0.05, 0) is 6.92 Å². The summed E-state index contributed by atoms with van der Waals surface area (Å²) in [4.78, 5) is 31.1. The maximum Gasteiger partial charge on any atom is 0.394 e. The Labute approximate surface area is 108 Å². The Hall–Kier alpha value is -2.64. The maximum absolute atomic E-state index is 11.8. The molecule has 0 unspecified atom stereocenters. The number of oxazole rings is 1. The second kappa shape index (κ2) is 5.34. The number of nitrogens with one attached hydrogen (secondary N) is 1. The molecule has 0 spiro atoms. The van der Waals surface area contributed by atoms with Gasteiger partial charge in [0.1, 0.15) is 6.26 Å². The molecular formula is C11H12N4O4. The molecule has 0 saturated carbocycles. The molecule has 0 aliphatic rings. The van der Waals surface area contributed by atoms with Crippen LogP contribution in [0.2, 0.25) is 0 Å². The van der Waals surface area contributed by atoms with E-state index in [0.29, 0.717) is 6.61 Å². The molecule has 1 N–H and O–H groups in total. The van der Waals surface area contributed by atoms with E-state index in [1.165, 1.54) is 17.0 Å². The Kier molecular flexibility index (Phi) is 3.60. The minimum atomic E-state index is -0.592. The average molecular weight is 264 g/mol. The van der Waals surface area contributed by atoms with Crippen molar-refractivity contribution in [3.8, 4) is 6.08 Å². The van der Waals surface area contributed by atoms with E-state index in [9.17, 15) is 9.59 Å². The van der Waals surface area contributed by atoms with E-state index in [2.05, 4.69) is 15.3 Å². The molecule has 2 aromatic heterocycles. The van der Waals surface area contributed by atoms with Crippen molar-refractivity contribution in [2.45, 2.75) is 6.92 Å². The van der Waals surface area contributed by atoms with Crippen LogP contribution < -0.4 is 15.6 Å². The highest BCUT2D eigenvalue weighted by atomic mass is 16.6. The molecule has 0 aromatic carbocycles. The number of ether oxygens (including phenoxy) is 1. The summed E-state index contributed by atoms with van der Waals surface area (Å²) in [6, 6.07) is 0. The van der Waals surface area contributed by atoms with Gasteiger partial charge in [-0.2, -0.15) is 4.98 Å². The molecule has 100 valence electrons. The number of rotatable bonds is 4. The zero-order chi connectivity index (χ0) is 13.8. The van der Waals surface area contributed by atoms with E-state index in [4.69, 9.17) is 9.15 Å². The molecule has 8 nitrogen and oxygen atoms in total. The molecule has 0 bridgehead atoms. The van der Waals surface area contributed by atoms with Crippen LogP contribution in [0.4, 0.5) is 5.82 Å². The van der Waals surface area contributed by atoms with Crippen LogP contribution in [0.3, 0.4) is 0 Å². The van der Waals surface area contributed by atoms with E-state index < -0.39 is 11.5 Å². The third-order valence-corrected chi connectivity index (χ3v) is 2.23. The summed E-state index contributed by atoms with van der Waals surface area (Å²) in [5.74, 6) is -0.665. The summed E-state index contributed by atoms with van der Waals surface area (Å²) in [7, 11) is 1.56. The number of carbonyl (C=O) groups excluding carboxylic acids is 1. The number of amides is 1. The predicted octanol–water partition coefficient (Wildman–Crippen LogP) is 0.419. The fourth-order valence-corrected chi connectivity index (χ4v) is 1.31. The molecular weight excluding hydrogens is 252 g/mol. The molecule has 2 heterocycles. The average Bonchev–Trinajstić information content (AvgIpc) is 2.84. The number of anilines is 1. The summed E-state index contributed by atoms with van der Waals surface area (Å²) < 4.78 is 11.2. The van der Waals surface area contributed by atoms with Crippen LogP contribution >= 0.6 is 0 Å². The van der Waals surface area contributed by atoms with Crippen molar-refractivity contribution in [2.75, 3.05) is 11.9 Å². The molecule has 0 fully saturated rings. The van der Waals surface area contributed by atoms with Gasteiger partial charge in [0.25, 0.3) is 11.5 Å². The highest BCUT2D eigenvalue weighted by molar-refractivity contribution is 6.02. The fourth-order valence-electron chi connectivity index (χ4n) is 1.31. The number of hydrogen-bond acceptors (Lipinski definition) is 6. The van der Waals surface area contributed by atoms with Crippen molar-refractivity contribution in [1.29, 1.82) is 0 Å². The van der Waals surface area contributed by atoms with E-state index >= 15 is 0 Å². The van der Waals surface area contributed by atoms with Crippen LogP contribution in [-0.2, 0) is 7.05 Å². The van der Waals surface area contributed by atoms with E-state index in [0.717, 1.165) is 6.26 Å². The number of hydrogen-bond donors (Lipinski definition) is 1. The summed E-state index contributed by atoms with van der Waals surface area (Å²) in [5, 5.41) is 2.36. The lowest BCUT2D eigenvalue weighted by Crippen LogP contribution is -2.25. The van der Waals surface area contributed by atoms with E-state index in [1.54, 1.807) is 14.0 Å². The Morgan fingerprint density at radius 3 is 3.11 bits per heavy atom. The third-order valence-electron chi connectivity index (χ3n) is 2.23. The van der Waals surface area contributed by atoms with Crippen molar-refractivity contribution < 1.29 is 13.9 Å². The normalized spacial score (nSPS) is 10.2. The van der Waals surface area contributed by atoms with Crippen molar-refractivity contribution in [1.82, 2.24) is 14.5 Å². The summed E-state index contributed by atoms with van der Waals surface area (Å²) >= 11 is 0. The van der Waals surface area contributed by atoms with Gasteiger partial charge >= 0.3 is 6.08 Å². The molecule has 19 heavy (non-hydrogen) atoms. The van der Waals surface area contributed by atoms with Gasteiger partial charge in [-0.1, -0.05) is 0 Å². The molecule has 0 atom stereocenters. The van der Waals surface area contributed by atoms with Gasteiger partial charge in [-0.25, -0.2) is 4.98 Å². The number of aryl methyl sites for hydroxylation is 1. The van der Waals surface area contributed by atoms with Gasteiger partial charge in [0.05, 0.1) is 6.61 Å². The lowest BCUT2D eigenvalue weighted by molar-refractivity contribution is 0.102. The fraction of sp³-hybridized carbons (Fsp3) is 0.273. The van der Waals surface area contributed by atoms with Crippen molar-refractivity contribution >= 4 is 11.7 Å². The quantitative estimate of drug-likeness (QED) is 0.859. The zero-order valence-electron chi connectivity index (χ0n) is 10.4. The smallest absolute Gasteiger partial charge is 0.394 e. The van der Waals surface area contributed by atoms with Gasteiger partial charge in [-0.15, -0.1) is 0 Å². The first kappa shape index (κ1) is 12.8. The zero-order valence-corrected chi connectivity index (χ0v) is 10.4. The van der Waals surface area contributed by atoms with Crippen molar-refractivity contribution in [3.05, 3.63) is 34.7 Å². The first-order valence-corrected chi connectivity index (χ1v) is 5.53. The minimum Gasteiger partial charge on any atom is -0.450 e. The van der Waals surface area contributed by atoms with Crippen LogP contribution in [0, 0.1) is 0 Å². The SMILES string of the molecule is CCOc1nc(C(=O)Nc2nccn(C)c2=O)co1. The molecule has 8 heteroatoms.